The Kier molecular flexibility index (Phi) is 6.23. The molecule has 1 unspecified atom stereocenters. The van der Waals surface area contributed by atoms with E-state index >= 15 is 0 Å². The normalized spacial score (nSPS) is 17.4. The van der Waals surface area contributed by atoms with Gasteiger partial charge in [0, 0.05) is 30.4 Å². The Balaban J connectivity index is 1.55. The second kappa shape index (κ2) is 9.04. The van der Waals surface area contributed by atoms with Crippen molar-refractivity contribution in [3.8, 4) is 16.9 Å². The Bertz CT molecular complexity index is 1010. The van der Waals surface area contributed by atoms with Gasteiger partial charge in [-0.05, 0) is 58.2 Å². The van der Waals surface area contributed by atoms with Crippen molar-refractivity contribution in [1.29, 1.82) is 0 Å². The van der Waals surface area contributed by atoms with Crippen molar-refractivity contribution >= 4 is 11.5 Å². The fraction of sp³-hybridized carbons (Fsp3) is 0.500. The van der Waals surface area contributed by atoms with Crippen LogP contribution in [0, 0.1) is 19.8 Å². The summed E-state index contributed by atoms with van der Waals surface area (Å²) in [6.07, 6.45) is 3.82. The lowest BCUT2D eigenvalue weighted by Crippen LogP contribution is -2.35. The predicted molar refractivity (Wildman–Crippen MR) is 122 cm³/mol. The number of nitrogens with one attached hydrogen (secondary N) is 1. The molecule has 3 heterocycles. The largest absolute Gasteiger partial charge is 0.496 e. The zero-order chi connectivity index (χ0) is 21.1. The standard InChI is InChI=1S/C24H33N5O/c1-17-9-7-13-28(16-17)14-8-12-25-22-15-18(2)26-24-23(19(3)27-29(22)24)20-10-5-6-11-21(20)30-4/h5-6,10-11,15,17,25H,7-9,12-14,16H2,1-4H3. The van der Waals surface area contributed by atoms with Crippen LogP contribution < -0.4 is 10.1 Å². The van der Waals surface area contributed by atoms with Gasteiger partial charge in [0.2, 0.25) is 0 Å². The molecule has 6 heteroatoms. The van der Waals surface area contributed by atoms with E-state index in [-0.39, 0.29) is 0 Å². The minimum Gasteiger partial charge on any atom is -0.496 e. The monoisotopic (exact) mass is 407 g/mol. The summed E-state index contributed by atoms with van der Waals surface area (Å²) < 4.78 is 7.53. The molecule has 1 atom stereocenters. The molecule has 2 aromatic heterocycles. The zero-order valence-electron chi connectivity index (χ0n) is 18.6. The van der Waals surface area contributed by atoms with Gasteiger partial charge in [0.05, 0.1) is 18.4 Å². The van der Waals surface area contributed by atoms with Gasteiger partial charge in [-0.15, -0.1) is 0 Å². The highest BCUT2D eigenvalue weighted by Gasteiger charge is 2.19. The van der Waals surface area contributed by atoms with Crippen molar-refractivity contribution < 1.29 is 4.74 Å². The van der Waals surface area contributed by atoms with Crippen LogP contribution in [-0.4, -0.2) is 52.8 Å². The topological polar surface area (TPSA) is 54.7 Å². The van der Waals surface area contributed by atoms with Gasteiger partial charge in [0.15, 0.2) is 5.65 Å². The van der Waals surface area contributed by atoms with Crippen molar-refractivity contribution in [1.82, 2.24) is 19.5 Å². The van der Waals surface area contributed by atoms with Crippen molar-refractivity contribution in [2.75, 3.05) is 38.6 Å². The maximum Gasteiger partial charge on any atom is 0.165 e. The summed E-state index contributed by atoms with van der Waals surface area (Å²) in [6.45, 7) is 11.0. The van der Waals surface area contributed by atoms with Gasteiger partial charge in [-0.1, -0.05) is 25.1 Å². The van der Waals surface area contributed by atoms with E-state index < -0.39 is 0 Å². The number of fused-ring (bicyclic) bond motifs is 1. The second-order valence-corrected chi connectivity index (χ2v) is 8.51. The Morgan fingerprint density at radius 1 is 1.23 bits per heavy atom. The summed E-state index contributed by atoms with van der Waals surface area (Å²) in [5.41, 5.74) is 4.84. The van der Waals surface area contributed by atoms with E-state index in [1.165, 1.54) is 25.9 Å². The Hall–Kier alpha value is -2.60. The van der Waals surface area contributed by atoms with Crippen molar-refractivity contribution in [3.05, 3.63) is 41.7 Å². The molecule has 0 saturated carbocycles. The van der Waals surface area contributed by atoms with Crippen LogP contribution in [0.5, 0.6) is 5.75 Å². The highest BCUT2D eigenvalue weighted by molar-refractivity contribution is 5.84. The molecule has 0 amide bonds. The van der Waals surface area contributed by atoms with Crippen LogP contribution >= 0.6 is 0 Å². The van der Waals surface area contributed by atoms with Crippen molar-refractivity contribution in [3.63, 3.8) is 0 Å². The highest BCUT2D eigenvalue weighted by Crippen LogP contribution is 2.35. The molecule has 1 fully saturated rings. The number of aromatic nitrogens is 3. The Morgan fingerprint density at radius 3 is 2.87 bits per heavy atom. The molecule has 0 bridgehead atoms. The summed E-state index contributed by atoms with van der Waals surface area (Å²) in [5.74, 6) is 2.66. The van der Waals surface area contributed by atoms with Crippen molar-refractivity contribution in [2.24, 2.45) is 5.92 Å². The fourth-order valence-electron chi connectivity index (χ4n) is 4.55. The number of hydrogen-bond acceptors (Lipinski definition) is 5. The Morgan fingerprint density at radius 2 is 2.07 bits per heavy atom. The minimum atomic E-state index is 0.828. The number of benzene rings is 1. The van der Waals surface area contributed by atoms with Crippen LogP contribution in [0.15, 0.2) is 30.3 Å². The SMILES string of the molecule is COc1ccccc1-c1c(C)nn2c(NCCCN3CCCC(C)C3)cc(C)nc12. The van der Waals surface area contributed by atoms with Gasteiger partial charge >= 0.3 is 0 Å². The number of anilines is 1. The molecule has 0 spiro atoms. The van der Waals surface area contributed by atoms with Gasteiger partial charge in [0.25, 0.3) is 0 Å². The lowest BCUT2D eigenvalue weighted by Gasteiger charge is -2.30. The summed E-state index contributed by atoms with van der Waals surface area (Å²) in [5, 5.41) is 8.41. The summed E-state index contributed by atoms with van der Waals surface area (Å²) in [7, 11) is 1.70. The maximum atomic E-state index is 5.59. The van der Waals surface area contributed by atoms with Crippen LogP contribution in [0.1, 0.15) is 37.6 Å². The average molecular weight is 408 g/mol. The van der Waals surface area contributed by atoms with E-state index in [9.17, 15) is 0 Å². The molecule has 0 radical (unpaired) electrons. The molecule has 1 aromatic carbocycles. The van der Waals surface area contributed by atoms with E-state index in [1.807, 2.05) is 36.6 Å². The molecule has 1 N–H and O–H groups in total. The molecule has 0 aliphatic carbocycles. The molecule has 1 aliphatic heterocycles. The quantitative estimate of drug-likeness (QED) is 0.582. The zero-order valence-corrected chi connectivity index (χ0v) is 18.6. The van der Waals surface area contributed by atoms with Gasteiger partial charge < -0.3 is 15.0 Å². The van der Waals surface area contributed by atoms with Gasteiger partial charge in [-0.2, -0.15) is 9.61 Å². The number of methoxy groups -OCH3 is 1. The number of rotatable bonds is 7. The first-order valence-corrected chi connectivity index (χ1v) is 11.0. The lowest BCUT2D eigenvalue weighted by molar-refractivity contribution is 0.183. The number of nitrogens with zero attached hydrogens (tertiary/aromatic N) is 4. The van der Waals surface area contributed by atoms with Crippen LogP contribution in [0.25, 0.3) is 16.8 Å². The Labute approximate surface area is 179 Å². The first-order chi connectivity index (χ1) is 14.6. The molecule has 30 heavy (non-hydrogen) atoms. The number of hydrogen-bond donors (Lipinski definition) is 1. The summed E-state index contributed by atoms with van der Waals surface area (Å²) >= 11 is 0. The van der Waals surface area contributed by atoms with E-state index in [0.29, 0.717) is 0 Å². The first-order valence-electron chi connectivity index (χ1n) is 11.0. The first kappa shape index (κ1) is 20.7. The third-order valence-electron chi connectivity index (χ3n) is 5.97. The lowest BCUT2D eigenvalue weighted by atomic mass is 10.0. The van der Waals surface area contributed by atoms with Crippen LogP contribution in [-0.2, 0) is 0 Å². The molecular weight excluding hydrogens is 374 g/mol. The predicted octanol–water partition coefficient (Wildman–Crippen LogP) is 4.56. The molecule has 160 valence electrons. The molecule has 1 aliphatic rings. The van der Waals surface area contributed by atoms with E-state index in [1.54, 1.807) is 7.11 Å². The molecule has 1 saturated heterocycles. The van der Waals surface area contributed by atoms with Crippen molar-refractivity contribution in [2.45, 2.75) is 40.0 Å². The average Bonchev–Trinajstić information content (AvgIpc) is 3.06. The van der Waals surface area contributed by atoms with Crippen LogP contribution in [0.4, 0.5) is 5.82 Å². The molecule has 6 nitrogen and oxygen atoms in total. The van der Waals surface area contributed by atoms with E-state index in [0.717, 1.165) is 65.2 Å². The molecular formula is C24H33N5O. The maximum absolute atomic E-state index is 5.59. The van der Waals surface area contributed by atoms with Crippen LogP contribution in [0.3, 0.4) is 0 Å². The van der Waals surface area contributed by atoms with Gasteiger partial charge in [0.1, 0.15) is 11.6 Å². The van der Waals surface area contributed by atoms with E-state index in [4.69, 9.17) is 14.8 Å². The fourth-order valence-corrected chi connectivity index (χ4v) is 4.55. The smallest absolute Gasteiger partial charge is 0.165 e. The number of piperidine rings is 1. The number of ether oxygens (including phenoxy) is 1. The molecule has 4 rings (SSSR count). The third-order valence-corrected chi connectivity index (χ3v) is 5.97. The number of likely N-dealkylation sites (tertiary alicyclic amines) is 1. The highest BCUT2D eigenvalue weighted by atomic mass is 16.5. The second-order valence-electron chi connectivity index (χ2n) is 8.51. The summed E-state index contributed by atoms with van der Waals surface area (Å²) in [6, 6.07) is 10.1. The van der Waals surface area contributed by atoms with Crippen LogP contribution in [0.2, 0.25) is 0 Å². The third kappa shape index (κ3) is 4.29. The molecule has 3 aromatic rings. The van der Waals surface area contributed by atoms with Gasteiger partial charge in [-0.3, -0.25) is 0 Å². The van der Waals surface area contributed by atoms with E-state index in [2.05, 4.69) is 29.3 Å². The minimum absolute atomic E-state index is 0.828. The van der Waals surface area contributed by atoms with Gasteiger partial charge in [-0.25, -0.2) is 4.98 Å². The number of aryl methyl sites for hydroxylation is 2. The number of para-hydroxylation sites is 1. The summed E-state index contributed by atoms with van der Waals surface area (Å²) in [4.78, 5) is 7.41.